The van der Waals surface area contributed by atoms with Crippen molar-refractivity contribution in [2.75, 3.05) is 0 Å². The van der Waals surface area contributed by atoms with Gasteiger partial charge in [-0.3, -0.25) is 0 Å². The summed E-state index contributed by atoms with van der Waals surface area (Å²) in [6, 6.07) is 0. The van der Waals surface area contributed by atoms with Crippen LogP contribution in [0.1, 0.15) is 16.9 Å². The van der Waals surface area contributed by atoms with Gasteiger partial charge in [0.25, 0.3) is 0 Å². The zero-order valence-corrected chi connectivity index (χ0v) is 6.12. The highest BCUT2D eigenvalue weighted by Crippen LogP contribution is 2.33. The van der Waals surface area contributed by atoms with Crippen LogP contribution in [-0.2, 0) is 6.18 Å². The number of alkyl halides is 3. The van der Waals surface area contributed by atoms with Crippen LogP contribution in [-0.4, -0.2) is 0 Å². The quantitative estimate of drug-likeness (QED) is 0.574. The number of hydrogen-bond acceptors (Lipinski definition) is 1. The highest BCUT2D eigenvalue weighted by molar-refractivity contribution is 5.27. The number of rotatable bonds is 0. The fraction of sp³-hybridized carbons (Fsp3) is 0.429. The van der Waals surface area contributed by atoms with Crippen LogP contribution in [0.2, 0.25) is 0 Å². The Bertz CT molecular complexity index is 259. The van der Waals surface area contributed by atoms with Crippen molar-refractivity contribution >= 4 is 0 Å². The molecular weight excluding hydrogens is 157 g/mol. The summed E-state index contributed by atoms with van der Waals surface area (Å²) in [6.45, 7) is 2.90. The second-order valence-electron chi connectivity index (χ2n) is 2.33. The maximum absolute atomic E-state index is 12.0. The second-order valence-corrected chi connectivity index (χ2v) is 2.33. The van der Waals surface area contributed by atoms with Crippen LogP contribution < -0.4 is 0 Å². The Hall–Kier alpha value is -0.930. The monoisotopic (exact) mass is 164 g/mol. The van der Waals surface area contributed by atoms with Crippen LogP contribution in [0.15, 0.2) is 10.7 Å². The molecule has 62 valence electrons. The van der Waals surface area contributed by atoms with E-state index in [1.807, 2.05) is 0 Å². The summed E-state index contributed by atoms with van der Waals surface area (Å²) in [5.41, 5.74) is -0.521. The van der Waals surface area contributed by atoms with Crippen LogP contribution >= 0.6 is 0 Å². The molecule has 1 aromatic heterocycles. The summed E-state index contributed by atoms with van der Waals surface area (Å²) < 4.78 is 40.6. The lowest BCUT2D eigenvalue weighted by Gasteiger charge is -2.02. The maximum atomic E-state index is 12.0. The van der Waals surface area contributed by atoms with E-state index in [2.05, 4.69) is 4.42 Å². The highest BCUT2D eigenvalue weighted by atomic mass is 19.4. The molecular formula is C7H7F3O. The molecule has 0 saturated heterocycles. The number of halogens is 3. The highest BCUT2D eigenvalue weighted by Gasteiger charge is 2.34. The third kappa shape index (κ3) is 1.39. The third-order valence-corrected chi connectivity index (χ3v) is 1.59. The normalized spacial score (nSPS) is 12.1. The van der Waals surface area contributed by atoms with Gasteiger partial charge in [0.1, 0.15) is 12.0 Å². The summed E-state index contributed by atoms with van der Waals surface area (Å²) in [5.74, 6) is 0.317. The van der Waals surface area contributed by atoms with Crippen molar-refractivity contribution in [2.45, 2.75) is 20.0 Å². The van der Waals surface area contributed by atoms with Gasteiger partial charge in [-0.1, -0.05) is 0 Å². The molecule has 0 spiro atoms. The van der Waals surface area contributed by atoms with Gasteiger partial charge in [0.2, 0.25) is 0 Å². The average molecular weight is 164 g/mol. The predicted octanol–water partition coefficient (Wildman–Crippen LogP) is 2.92. The molecule has 4 heteroatoms. The summed E-state index contributed by atoms with van der Waals surface area (Å²) >= 11 is 0. The van der Waals surface area contributed by atoms with E-state index in [1.165, 1.54) is 13.8 Å². The maximum Gasteiger partial charge on any atom is 0.419 e. The van der Waals surface area contributed by atoms with Crippen molar-refractivity contribution in [1.29, 1.82) is 0 Å². The molecule has 0 N–H and O–H groups in total. The lowest BCUT2D eigenvalue weighted by atomic mass is 10.2. The first-order chi connectivity index (χ1) is 4.93. The zero-order chi connectivity index (χ0) is 8.65. The van der Waals surface area contributed by atoms with E-state index in [-0.39, 0.29) is 5.56 Å². The van der Waals surface area contributed by atoms with E-state index in [9.17, 15) is 13.2 Å². The molecule has 0 unspecified atom stereocenters. The van der Waals surface area contributed by atoms with Crippen molar-refractivity contribution in [3.05, 3.63) is 23.2 Å². The van der Waals surface area contributed by atoms with Crippen LogP contribution in [0.5, 0.6) is 0 Å². The minimum absolute atomic E-state index is 0.164. The second kappa shape index (κ2) is 2.29. The van der Waals surface area contributed by atoms with E-state index < -0.39 is 11.7 Å². The molecule has 0 aliphatic heterocycles. The molecule has 0 saturated carbocycles. The Morgan fingerprint density at radius 2 is 1.82 bits per heavy atom. The molecule has 0 aliphatic carbocycles. The summed E-state index contributed by atoms with van der Waals surface area (Å²) in [7, 11) is 0. The number of aryl methyl sites for hydroxylation is 1. The Balaban J connectivity index is 3.15. The van der Waals surface area contributed by atoms with Gasteiger partial charge in [-0.2, -0.15) is 13.2 Å². The molecule has 1 heterocycles. The Morgan fingerprint density at radius 1 is 1.27 bits per heavy atom. The topological polar surface area (TPSA) is 13.1 Å². The Kier molecular flexibility index (Phi) is 1.70. The summed E-state index contributed by atoms with van der Waals surface area (Å²) in [4.78, 5) is 0. The molecule has 0 amide bonds. The molecule has 11 heavy (non-hydrogen) atoms. The number of hydrogen-bond donors (Lipinski definition) is 0. The van der Waals surface area contributed by atoms with E-state index in [4.69, 9.17) is 0 Å². The standard InChI is InChI=1S/C7H7F3O/c1-4-5(2)11-3-6(4)7(8,9)10/h3H,1-2H3. The van der Waals surface area contributed by atoms with E-state index >= 15 is 0 Å². The van der Waals surface area contributed by atoms with Crippen molar-refractivity contribution in [3.63, 3.8) is 0 Å². The molecule has 1 aromatic rings. The molecule has 0 aliphatic rings. The minimum atomic E-state index is -4.29. The fourth-order valence-corrected chi connectivity index (χ4v) is 0.793. The first-order valence-corrected chi connectivity index (χ1v) is 3.05. The van der Waals surface area contributed by atoms with Crippen LogP contribution in [0.3, 0.4) is 0 Å². The van der Waals surface area contributed by atoms with Crippen molar-refractivity contribution in [2.24, 2.45) is 0 Å². The van der Waals surface area contributed by atoms with Crippen LogP contribution in [0.4, 0.5) is 13.2 Å². The smallest absolute Gasteiger partial charge is 0.419 e. The van der Waals surface area contributed by atoms with Gasteiger partial charge < -0.3 is 4.42 Å². The third-order valence-electron chi connectivity index (χ3n) is 1.59. The van der Waals surface area contributed by atoms with Gasteiger partial charge in [-0.15, -0.1) is 0 Å². The predicted molar refractivity (Wildman–Crippen MR) is 33.2 cm³/mol. The van der Waals surface area contributed by atoms with Gasteiger partial charge in [0.05, 0.1) is 5.56 Å². The molecule has 1 rings (SSSR count). The SMILES string of the molecule is Cc1occ(C(F)(F)F)c1C. The minimum Gasteiger partial charge on any atom is -0.469 e. The van der Waals surface area contributed by atoms with Gasteiger partial charge >= 0.3 is 6.18 Å². The fourth-order valence-electron chi connectivity index (χ4n) is 0.793. The van der Waals surface area contributed by atoms with Gasteiger partial charge in [0.15, 0.2) is 0 Å². The van der Waals surface area contributed by atoms with Gasteiger partial charge in [0, 0.05) is 5.56 Å². The molecule has 0 radical (unpaired) electrons. The molecule has 1 nitrogen and oxygen atoms in total. The molecule has 0 fully saturated rings. The molecule has 0 bridgehead atoms. The first kappa shape index (κ1) is 8.17. The van der Waals surface area contributed by atoms with Crippen LogP contribution in [0, 0.1) is 13.8 Å². The van der Waals surface area contributed by atoms with E-state index in [0.29, 0.717) is 5.76 Å². The Labute approximate surface area is 61.8 Å². The zero-order valence-electron chi connectivity index (χ0n) is 6.12. The van der Waals surface area contributed by atoms with Crippen molar-refractivity contribution < 1.29 is 17.6 Å². The Morgan fingerprint density at radius 3 is 2.00 bits per heavy atom. The largest absolute Gasteiger partial charge is 0.469 e. The molecule has 0 aromatic carbocycles. The van der Waals surface area contributed by atoms with Gasteiger partial charge in [-0.25, -0.2) is 0 Å². The van der Waals surface area contributed by atoms with Crippen LogP contribution in [0.25, 0.3) is 0 Å². The van der Waals surface area contributed by atoms with Crippen molar-refractivity contribution in [1.82, 2.24) is 0 Å². The van der Waals surface area contributed by atoms with E-state index in [0.717, 1.165) is 6.26 Å². The average Bonchev–Trinajstić information content (AvgIpc) is 2.11. The van der Waals surface area contributed by atoms with E-state index in [1.54, 1.807) is 0 Å². The van der Waals surface area contributed by atoms with Crippen molar-refractivity contribution in [3.8, 4) is 0 Å². The lowest BCUT2D eigenvalue weighted by molar-refractivity contribution is -0.138. The van der Waals surface area contributed by atoms with Gasteiger partial charge in [-0.05, 0) is 13.8 Å². The lowest BCUT2D eigenvalue weighted by Crippen LogP contribution is -2.04. The molecule has 0 atom stereocenters. The summed E-state index contributed by atoms with van der Waals surface area (Å²) in [5, 5.41) is 0. The first-order valence-electron chi connectivity index (χ1n) is 3.05. The summed E-state index contributed by atoms with van der Waals surface area (Å²) in [6.07, 6.45) is -3.55. The number of furan rings is 1.